The Balaban J connectivity index is 2.62. The van der Waals surface area contributed by atoms with Crippen LogP contribution in [-0.2, 0) is 4.79 Å². The minimum atomic E-state index is -0.472. The minimum absolute atomic E-state index is 0.0965. The van der Waals surface area contributed by atoms with Crippen LogP contribution in [0.3, 0.4) is 0 Å². The number of aromatic amines is 1. The number of carbonyl (C=O) groups is 2. The van der Waals surface area contributed by atoms with Crippen LogP contribution in [0.1, 0.15) is 16.2 Å². The van der Waals surface area contributed by atoms with E-state index in [-0.39, 0.29) is 18.1 Å². The fraction of sp³-hybridized carbons (Fsp3) is 0.375. The van der Waals surface area contributed by atoms with Crippen molar-refractivity contribution in [2.24, 2.45) is 0 Å². The molecule has 7 nitrogen and oxygen atoms in total. The number of aromatic nitrogens is 2. The summed E-state index contributed by atoms with van der Waals surface area (Å²) >= 11 is 0. The summed E-state index contributed by atoms with van der Waals surface area (Å²) in [5, 5.41) is 11.1. The molecule has 15 heavy (non-hydrogen) atoms. The van der Waals surface area contributed by atoms with Crippen LogP contribution in [0.5, 0.6) is 0 Å². The van der Waals surface area contributed by atoms with E-state index in [1.807, 2.05) is 0 Å². The van der Waals surface area contributed by atoms with E-state index in [0.29, 0.717) is 11.4 Å². The molecular formula is C8H13N5O2. The molecule has 0 saturated heterocycles. The highest BCUT2D eigenvalue weighted by atomic mass is 16.2. The van der Waals surface area contributed by atoms with Crippen molar-refractivity contribution >= 4 is 17.5 Å². The maximum atomic E-state index is 11.4. The van der Waals surface area contributed by atoms with E-state index < -0.39 is 5.91 Å². The zero-order valence-electron chi connectivity index (χ0n) is 8.55. The summed E-state index contributed by atoms with van der Waals surface area (Å²) in [6.07, 6.45) is 0. The van der Waals surface area contributed by atoms with Gasteiger partial charge < -0.3 is 16.4 Å². The summed E-state index contributed by atoms with van der Waals surface area (Å²) in [7, 11) is 1.49. The van der Waals surface area contributed by atoms with E-state index in [0.717, 1.165) is 0 Å². The van der Waals surface area contributed by atoms with Crippen LogP contribution in [0.25, 0.3) is 0 Å². The smallest absolute Gasteiger partial charge is 0.274 e. The zero-order chi connectivity index (χ0) is 11.4. The second kappa shape index (κ2) is 4.45. The highest BCUT2D eigenvalue weighted by molar-refractivity contribution is 5.99. The topological polar surface area (TPSA) is 113 Å². The molecule has 0 aliphatic rings. The summed E-state index contributed by atoms with van der Waals surface area (Å²) in [4.78, 5) is 22.3. The number of hydrogen-bond acceptors (Lipinski definition) is 4. The molecule has 5 N–H and O–H groups in total. The third kappa shape index (κ3) is 2.46. The van der Waals surface area contributed by atoms with Crippen molar-refractivity contribution in [2.75, 3.05) is 19.3 Å². The molecule has 82 valence electrons. The van der Waals surface area contributed by atoms with Crippen molar-refractivity contribution in [3.63, 3.8) is 0 Å². The Morgan fingerprint density at radius 2 is 2.20 bits per heavy atom. The lowest BCUT2D eigenvalue weighted by Gasteiger charge is -2.02. The lowest BCUT2D eigenvalue weighted by Crippen LogP contribution is -2.35. The van der Waals surface area contributed by atoms with Crippen molar-refractivity contribution < 1.29 is 9.59 Å². The molecule has 0 atom stereocenters. The SMILES string of the molecule is CNC(=O)CNC(=O)c1n[nH]c(C)c1N. The molecule has 1 heterocycles. The first-order valence-corrected chi connectivity index (χ1v) is 4.35. The van der Waals surface area contributed by atoms with Gasteiger partial charge in [-0.05, 0) is 6.92 Å². The zero-order valence-corrected chi connectivity index (χ0v) is 8.55. The summed E-state index contributed by atoms with van der Waals surface area (Å²) in [6, 6.07) is 0. The first-order chi connectivity index (χ1) is 7.06. The van der Waals surface area contributed by atoms with Gasteiger partial charge in [0.1, 0.15) is 0 Å². The maximum Gasteiger partial charge on any atom is 0.274 e. The molecule has 0 aromatic carbocycles. The second-order valence-corrected chi connectivity index (χ2v) is 2.97. The number of hydrogen-bond donors (Lipinski definition) is 4. The number of nitrogens with zero attached hydrogens (tertiary/aromatic N) is 1. The fourth-order valence-corrected chi connectivity index (χ4v) is 0.944. The second-order valence-electron chi connectivity index (χ2n) is 2.97. The number of nitrogens with two attached hydrogens (primary N) is 1. The Bertz CT molecular complexity index is 384. The van der Waals surface area contributed by atoms with Crippen LogP contribution in [-0.4, -0.2) is 35.6 Å². The Labute approximate surface area is 86.4 Å². The van der Waals surface area contributed by atoms with Crippen molar-refractivity contribution in [1.82, 2.24) is 20.8 Å². The van der Waals surface area contributed by atoms with Gasteiger partial charge in [0.05, 0.1) is 17.9 Å². The number of nitrogens with one attached hydrogen (secondary N) is 3. The number of aryl methyl sites for hydroxylation is 1. The molecule has 0 saturated carbocycles. The summed E-state index contributed by atoms with van der Waals surface area (Å²) in [5.74, 6) is -0.755. The maximum absolute atomic E-state index is 11.4. The van der Waals surface area contributed by atoms with Gasteiger partial charge in [-0.1, -0.05) is 0 Å². The lowest BCUT2D eigenvalue weighted by atomic mass is 10.3. The molecule has 2 amide bonds. The molecule has 1 aromatic rings. The van der Waals surface area contributed by atoms with Crippen molar-refractivity contribution in [1.29, 1.82) is 0 Å². The van der Waals surface area contributed by atoms with Gasteiger partial charge in [-0.25, -0.2) is 0 Å². The van der Waals surface area contributed by atoms with Crippen molar-refractivity contribution in [3.05, 3.63) is 11.4 Å². The number of H-pyrrole nitrogens is 1. The van der Waals surface area contributed by atoms with Gasteiger partial charge in [0.25, 0.3) is 5.91 Å². The van der Waals surface area contributed by atoms with Gasteiger partial charge in [0, 0.05) is 7.05 Å². The van der Waals surface area contributed by atoms with Crippen LogP contribution >= 0.6 is 0 Å². The van der Waals surface area contributed by atoms with E-state index in [4.69, 9.17) is 5.73 Å². The van der Waals surface area contributed by atoms with Crippen molar-refractivity contribution in [2.45, 2.75) is 6.92 Å². The molecule has 0 bridgehead atoms. The fourth-order valence-electron chi connectivity index (χ4n) is 0.944. The first-order valence-electron chi connectivity index (χ1n) is 4.35. The largest absolute Gasteiger partial charge is 0.395 e. The van der Waals surface area contributed by atoms with Crippen LogP contribution < -0.4 is 16.4 Å². The van der Waals surface area contributed by atoms with Gasteiger partial charge in [-0.15, -0.1) is 0 Å². The molecule has 0 aliphatic carbocycles. The quantitative estimate of drug-likeness (QED) is 0.501. The molecule has 1 aromatic heterocycles. The number of anilines is 1. The number of carbonyl (C=O) groups excluding carboxylic acids is 2. The van der Waals surface area contributed by atoms with Gasteiger partial charge in [-0.3, -0.25) is 14.7 Å². The number of nitrogen functional groups attached to an aromatic ring is 1. The Kier molecular flexibility index (Phi) is 3.27. The molecule has 7 heteroatoms. The monoisotopic (exact) mass is 211 g/mol. The molecule has 1 rings (SSSR count). The average molecular weight is 211 g/mol. The number of amides is 2. The normalized spacial score (nSPS) is 9.73. The Morgan fingerprint density at radius 1 is 1.53 bits per heavy atom. The lowest BCUT2D eigenvalue weighted by molar-refractivity contribution is -0.119. The number of likely N-dealkylation sites (N-methyl/N-ethyl adjacent to an activating group) is 1. The molecule has 0 aliphatic heterocycles. The van der Waals surface area contributed by atoms with Crippen LogP contribution in [0, 0.1) is 6.92 Å². The summed E-state index contributed by atoms with van der Waals surface area (Å²) < 4.78 is 0. The Morgan fingerprint density at radius 3 is 2.67 bits per heavy atom. The van der Waals surface area contributed by atoms with Gasteiger partial charge >= 0.3 is 0 Å². The van der Waals surface area contributed by atoms with Crippen LogP contribution in [0.15, 0.2) is 0 Å². The Hall–Kier alpha value is -2.05. The third-order valence-electron chi connectivity index (χ3n) is 1.90. The molecule has 0 unspecified atom stereocenters. The van der Waals surface area contributed by atoms with E-state index in [2.05, 4.69) is 20.8 Å². The first kappa shape index (κ1) is 11.0. The predicted octanol–water partition coefficient (Wildman–Crippen LogP) is -1.22. The molecule has 0 radical (unpaired) electrons. The number of rotatable bonds is 3. The molecular weight excluding hydrogens is 198 g/mol. The molecule has 0 fully saturated rings. The van der Waals surface area contributed by atoms with Crippen LogP contribution in [0.4, 0.5) is 5.69 Å². The minimum Gasteiger partial charge on any atom is -0.395 e. The van der Waals surface area contributed by atoms with E-state index in [1.54, 1.807) is 6.92 Å². The van der Waals surface area contributed by atoms with Gasteiger partial charge in [0.2, 0.25) is 5.91 Å². The average Bonchev–Trinajstić information content (AvgIpc) is 2.56. The van der Waals surface area contributed by atoms with E-state index in [1.165, 1.54) is 7.05 Å². The molecule has 0 spiro atoms. The highest BCUT2D eigenvalue weighted by Crippen LogP contribution is 2.11. The van der Waals surface area contributed by atoms with E-state index >= 15 is 0 Å². The van der Waals surface area contributed by atoms with Crippen LogP contribution in [0.2, 0.25) is 0 Å². The highest BCUT2D eigenvalue weighted by Gasteiger charge is 2.15. The third-order valence-corrected chi connectivity index (χ3v) is 1.90. The predicted molar refractivity (Wildman–Crippen MR) is 54.1 cm³/mol. The standard InChI is InChI=1S/C8H13N5O2/c1-4-6(9)7(13-12-4)8(15)11-3-5(14)10-2/h3,9H2,1-2H3,(H,10,14)(H,11,15)(H,12,13). The summed E-state index contributed by atoms with van der Waals surface area (Å²) in [5.41, 5.74) is 6.62. The van der Waals surface area contributed by atoms with Gasteiger partial charge in [0.15, 0.2) is 5.69 Å². The van der Waals surface area contributed by atoms with E-state index in [9.17, 15) is 9.59 Å². The summed E-state index contributed by atoms with van der Waals surface area (Å²) in [6.45, 7) is 1.61. The van der Waals surface area contributed by atoms with Gasteiger partial charge in [-0.2, -0.15) is 5.10 Å². The van der Waals surface area contributed by atoms with Crippen molar-refractivity contribution in [3.8, 4) is 0 Å².